The van der Waals surface area contributed by atoms with E-state index in [0.29, 0.717) is 23.4 Å². The number of aromatic nitrogens is 2. The number of carbonyl (C=O) groups is 1. The zero-order valence-electron chi connectivity index (χ0n) is 17.2. The molecule has 2 aliphatic rings. The Morgan fingerprint density at radius 3 is 2.69 bits per heavy atom. The summed E-state index contributed by atoms with van der Waals surface area (Å²) < 4.78 is 9.04. The monoisotopic (exact) mass is 391 g/mol. The fourth-order valence-corrected chi connectivity index (χ4v) is 5.35. The van der Waals surface area contributed by atoms with Crippen LogP contribution < -0.4 is 10.3 Å². The number of likely N-dealkylation sites (tertiary alicyclic amines) is 1. The number of piperidine rings is 1. The number of pyridine rings is 1. The number of fused-ring (bicyclic) bond motifs is 2. The standard InChI is InChI=1S/C23H25N3O3/c1-14-10-25(3)22(28)19-16(12-24(2)20(14)19)21(27)26-11-15-9-23(15,13-26)17-7-5-6-8-18(17)29-4/h5-8,10,12,15H,9,11,13H2,1-4H3. The lowest BCUT2D eigenvalue weighted by Crippen LogP contribution is -2.33. The smallest absolute Gasteiger partial charge is 0.260 e. The van der Waals surface area contributed by atoms with Crippen LogP contribution in [0.4, 0.5) is 0 Å². The second-order valence-corrected chi connectivity index (χ2v) is 8.55. The zero-order valence-corrected chi connectivity index (χ0v) is 17.2. The number of amides is 1. The average Bonchev–Trinajstić information content (AvgIpc) is 3.09. The van der Waals surface area contributed by atoms with Crippen LogP contribution in [0.5, 0.6) is 5.75 Å². The number of nitrogens with zero attached hydrogens (tertiary/aromatic N) is 3. The van der Waals surface area contributed by atoms with Gasteiger partial charge in [-0.25, -0.2) is 0 Å². The highest BCUT2D eigenvalue weighted by Gasteiger charge is 2.62. The molecule has 1 aliphatic heterocycles. The van der Waals surface area contributed by atoms with E-state index in [1.807, 2.05) is 47.8 Å². The molecule has 0 N–H and O–H groups in total. The maximum absolute atomic E-state index is 13.5. The molecule has 3 aromatic rings. The van der Waals surface area contributed by atoms with Crippen molar-refractivity contribution in [2.75, 3.05) is 20.2 Å². The number of methoxy groups -OCH3 is 1. The molecule has 2 unspecified atom stereocenters. The maximum Gasteiger partial charge on any atom is 0.260 e. The summed E-state index contributed by atoms with van der Waals surface area (Å²) in [6, 6.07) is 8.11. The minimum Gasteiger partial charge on any atom is -0.496 e. The van der Waals surface area contributed by atoms with E-state index in [1.54, 1.807) is 24.9 Å². The minimum absolute atomic E-state index is 0.0201. The molecule has 29 heavy (non-hydrogen) atoms. The third-order valence-corrected chi connectivity index (χ3v) is 6.78. The normalized spacial score (nSPS) is 22.8. The minimum atomic E-state index is -0.127. The van der Waals surface area contributed by atoms with E-state index in [0.717, 1.165) is 29.8 Å². The number of aryl methyl sites for hydroxylation is 3. The van der Waals surface area contributed by atoms with E-state index in [2.05, 4.69) is 6.07 Å². The molecule has 2 fully saturated rings. The molecule has 1 saturated heterocycles. The van der Waals surface area contributed by atoms with Gasteiger partial charge in [-0.3, -0.25) is 9.59 Å². The predicted molar refractivity (Wildman–Crippen MR) is 112 cm³/mol. The highest BCUT2D eigenvalue weighted by Crippen LogP contribution is 2.61. The lowest BCUT2D eigenvalue weighted by molar-refractivity contribution is 0.0773. The third-order valence-electron chi connectivity index (χ3n) is 6.78. The molecule has 1 saturated carbocycles. The average molecular weight is 391 g/mol. The van der Waals surface area contributed by atoms with Crippen LogP contribution in [-0.2, 0) is 19.5 Å². The van der Waals surface area contributed by atoms with Crippen molar-refractivity contribution in [2.24, 2.45) is 20.0 Å². The first-order valence-corrected chi connectivity index (χ1v) is 9.95. The Morgan fingerprint density at radius 2 is 1.93 bits per heavy atom. The number of hydrogen-bond acceptors (Lipinski definition) is 3. The number of hydrogen-bond donors (Lipinski definition) is 0. The summed E-state index contributed by atoms with van der Waals surface area (Å²) >= 11 is 0. The third kappa shape index (κ3) is 2.41. The van der Waals surface area contributed by atoms with E-state index in [4.69, 9.17) is 4.74 Å². The quantitative estimate of drug-likeness (QED) is 0.690. The van der Waals surface area contributed by atoms with Gasteiger partial charge in [-0.1, -0.05) is 18.2 Å². The van der Waals surface area contributed by atoms with Crippen LogP contribution in [0.1, 0.15) is 27.9 Å². The van der Waals surface area contributed by atoms with Crippen LogP contribution in [0, 0.1) is 12.8 Å². The van der Waals surface area contributed by atoms with Crippen molar-refractivity contribution in [3.8, 4) is 5.75 Å². The predicted octanol–water partition coefficient (Wildman–Crippen LogP) is 2.61. The summed E-state index contributed by atoms with van der Waals surface area (Å²) in [5, 5.41) is 0.520. The molecule has 6 heteroatoms. The van der Waals surface area contributed by atoms with Gasteiger partial charge < -0.3 is 18.8 Å². The Hall–Kier alpha value is -3.02. The van der Waals surface area contributed by atoms with Gasteiger partial charge in [0, 0.05) is 50.6 Å². The number of benzene rings is 1. The van der Waals surface area contributed by atoms with Crippen molar-refractivity contribution in [2.45, 2.75) is 18.8 Å². The number of carbonyl (C=O) groups excluding carboxylic acids is 1. The van der Waals surface area contributed by atoms with Crippen molar-refractivity contribution < 1.29 is 9.53 Å². The van der Waals surface area contributed by atoms with Crippen molar-refractivity contribution >= 4 is 16.8 Å². The fraction of sp³-hybridized carbons (Fsp3) is 0.391. The van der Waals surface area contributed by atoms with Gasteiger partial charge in [-0.2, -0.15) is 0 Å². The van der Waals surface area contributed by atoms with Gasteiger partial charge in [-0.05, 0) is 30.9 Å². The highest BCUT2D eigenvalue weighted by molar-refractivity contribution is 6.07. The molecule has 2 atom stereocenters. The Labute approximate surface area is 169 Å². The van der Waals surface area contributed by atoms with Gasteiger partial charge >= 0.3 is 0 Å². The lowest BCUT2D eigenvalue weighted by atomic mass is 9.94. The summed E-state index contributed by atoms with van der Waals surface area (Å²) in [6.07, 6.45) is 4.70. The summed E-state index contributed by atoms with van der Waals surface area (Å²) in [6.45, 7) is 3.36. The molecule has 2 aromatic heterocycles. The van der Waals surface area contributed by atoms with Crippen molar-refractivity contribution in [1.82, 2.24) is 14.0 Å². The summed E-state index contributed by atoms with van der Waals surface area (Å²) in [4.78, 5) is 28.2. The van der Waals surface area contributed by atoms with E-state index >= 15 is 0 Å². The zero-order chi connectivity index (χ0) is 20.5. The number of para-hydroxylation sites is 1. The van der Waals surface area contributed by atoms with Crippen molar-refractivity contribution in [3.05, 3.63) is 63.7 Å². The van der Waals surface area contributed by atoms with Gasteiger partial charge in [-0.15, -0.1) is 0 Å². The fourth-order valence-electron chi connectivity index (χ4n) is 5.35. The Morgan fingerprint density at radius 1 is 1.17 bits per heavy atom. The second-order valence-electron chi connectivity index (χ2n) is 8.55. The van der Waals surface area contributed by atoms with E-state index in [9.17, 15) is 9.59 Å². The highest BCUT2D eigenvalue weighted by atomic mass is 16.5. The van der Waals surface area contributed by atoms with Crippen LogP contribution in [0.15, 0.2) is 41.5 Å². The molecule has 0 bridgehead atoms. The van der Waals surface area contributed by atoms with Crippen LogP contribution in [0.3, 0.4) is 0 Å². The maximum atomic E-state index is 13.5. The molecule has 3 heterocycles. The molecule has 1 aliphatic carbocycles. The van der Waals surface area contributed by atoms with Crippen molar-refractivity contribution in [1.29, 1.82) is 0 Å². The first kappa shape index (κ1) is 18.0. The molecule has 0 spiro atoms. The molecule has 150 valence electrons. The molecule has 0 radical (unpaired) electrons. The summed E-state index contributed by atoms with van der Waals surface area (Å²) in [5.74, 6) is 1.28. The molecular weight excluding hydrogens is 366 g/mol. The van der Waals surface area contributed by atoms with Crippen LogP contribution in [0.25, 0.3) is 10.9 Å². The molecule has 5 rings (SSSR count). The topological polar surface area (TPSA) is 56.5 Å². The Bertz CT molecular complexity index is 1220. The molecule has 1 aromatic carbocycles. The Kier molecular flexibility index (Phi) is 3.72. The first-order chi connectivity index (χ1) is 13.9. The van der Waals surface area contributed by atoms with Gasteiger partial charge in [0.15, 0.2) is 0 Å². The molecule has 1 amide bonds. The second kappa shape index (κ2) is 5.99. The number of rotatable bonds is 3. The van der Waals surface area contributed by atoms with Gasteiger partial charge in [0.05, 0.1) is 23.6 Å². The van der Waals surface area contributed by atoms with E-state index in [-0.39, 0.29) is 16.9 Å². The first-order valence-electron chi connectivity index (χ1n) is 9.95. The lowest BCUT2D eigenvalue weighted by Gasteiger charge is -2.22. The van der Waals surface area contributed by atoms with Crippen LogP contribution in [-0.4, -0.2) is 40.1 Å². The molecule has 6 nitrogen and oxygen atoms in total. The van der Waals surface area contributed by atoms with Gasteiger partial charge in [0.25, 0.3) is 11.5 Å². The number of ether oxygens (including phenoxy) is 1. The largest absolute Gasteiger partial charge is 0.496 e. The van der Waals surface area contributed by atoms with Crippen LogP contribution >= 0.6 is 0 Å². The molecular formula is C23H25N3O3. The van der Waals surface area contributed by atoms with Gasteiger partial charge in [0.1, 0.15) is 5.75 Å². The van der Waals surface area contributed by atoms with Crippen LogP contribution in [0.2, 0.25) is 0 Å². The summed E-state index contributed by atoms with van der Waals surface area (Å²) in [7, 11) is 5.32. The van der Waals surface area contributed by atoms with Crippen molar-refractivity contribution in [3.63, 3.8) is 0 Å². The SMILES string of the molecule is COc1ccccc1C12CC1CN(C(=O)c1cn(C)c3c(C)cn(C)c(=O)c13)C2. The van der Waals surface area contributed by atoms with E-state index in [1.165, 1.54) is 5.56 Å². The Balaban J connectivity index is 1.54. The van der Waals surface area contributed by atoms with E-state index < -0.39 is 0 Å². The summed E-state index contributed by atoms with van der Waals surface area (Å²) in [5.41, 5.74) is 3.36. The van der Waals surface area contributed by atoms with Gasteiger partial charge in [0.2, 0.25) is 0 Å².